The second-order valence-electron chi connectivity index (χ2n) is 22.4. The first-order valence-electron chi connectivity index (χ1n) is 30.0. The molecule has 0 aliphatic heterocycles. The molecule has 15 rings (SSSR count). The Balaban J connectivity index is 0.816. The van der Waals surface area contributed by atoms with E-state index in [0.717, 1.165) is 34.1 Å². The highest BCUT2D eigenvalue weighted by molar-refractivity contribution is 5.91. The molecular weight excluding hydrogens is 1050 g/mol. The summed E-state index contributed by atoms with van der Waals surface area (Å²) >= 11 is 0. The van der Waals surface area contributed by atoms with Crippen molar-refractivity contribution >= 4 is 34.1 Å². The van der Waals surface area contributed by atoms with Crippen LogP contribution in [0, 0.1) is 0 Å². The van der Waals surface area contributed by atoms with Gasteiger partial charge in [-0.25, -0.2) is 0 Å². The third-order valence-electron chi connectivity index (χ3n) is 17.4. The van der Waals surface area contributed by atoms with E-state index in [9.17, 15) is 0 Å². The molecule has 1 aliphatic rings. The van der Waals surface area contributed by atoms with Crippen LogP contribution >= 0.6 is 0 Å². The second kappa shape index (κ2) is 23.0. The summed E-state index contributed by atoms with van der Waals surface area (Å²) in [7, 11) is 0. The van der Waals surface area contributed by atoms with Crippen LogP contribution in [0.15, 0.2) is 364 Å². The molecule has 0 heterocycles. The Kier molecular flexibility index (Phi) is 13.9. The highest BCUT2D eigenvalue weighted by Gasteiger charge is 2.46. The molecule has 14 aromatic carbocycles. The van der Waals surface area contributed by atoms with Crippen molar-refractivity contribution in [2.24, 2.45) is 0 Å². The monoisotopic (exact) mass is 1110 g/mol. The summed E-state index contributed by atoms with van der Waals surface area (Å²) in [6.07, 6.45) is 0. The summed E-state index contributed by atoms with van der Waals surface area (Å²) in [4.78, 5) is 4.61. The number of fused-ring (bicyclic) bond motifs is 3. The standard InChI is InChI=1S/C85H60N2/c1-7-19-61(20-8-1)65-39-49-73(50-40-65)85(74-51-41-66(42-52-74)62-21-9-2-10-22-62)83-59-71(69-35-31-63(32-36-69)67-43-53-79(54-44-67)86(75-23-11-3-12-24-75)76-25-13-4-14-26-76)47-57-81(83)82-58-48-72(60-84(82)85)70-37-33-64(34-38-70)68-45-55-80(56-46-68)87(77-27-15-5-16-28-77)78-29-17-6-18-30-78/h1-60H. The van der Waals surface area contributed by atoms with Gasteiger partial charge in [-0.1, -0.05) is 279 Å². The number of para-hydroxylation sites is 4. The molecule has 0 saturated heterocycles. The molecule has 1 aliphatic carbocycles. The van der Waals surface area contributed by atoms with Gasteiger partial charge in [0.25, 0.3) is 0 Å². The van der Waals surface area contributed by atoms with Crippen LogP contribution in [0.2, 0.25) is 0 Å². The molecule has 87 heavy (non-hydrogen) atoms. The van der Waals surface area contributed by atoms with Gasteiger partial charge in [-0.15, -0.1) is 0 Å². The molecule has 0 unspecified atom stereocenters. The van der Waals surface area contributed by atoms with Crippen LogP contribution in [-0.2, 0) is 5.41 Å². The van der Waals surface area contributed by atoms with Crippen molar-refractivity contribution < 1.29 is 0 Å². The number of benzene rings is 14. The molecule has 410 valence electrons. The maximum atomic E-state index is 2.48. The fourth-order valence-electron chi connectivity index (χ4n) is 13.1. The summed E-state index contributed by atoms with van der Waals surface area (Å²) < 4.78 is 0. The van der Waals surface area contributed by atoms with E-state index in [-0.39, 0.29) is 0 Å². The minimum absolute atomic E-state index is 0.675. The lowest BCUT2D eigenvalue weighted by molar-refractivity contribution is 0.769. The van der Waals surface area contributed by atoms with E-state index in [1.54, 1.807) is 0 Å². The highest BCUT2D eigenvalue weighted by Crippen LogP contribution is 2.58. The third-order valence-corrected chi connectivity index (χ3v) is 17.4. The van der Waals surface area contributed by atoms with Gasteiger partial charge >= 0.3 is 0 Å². The van der Waals surface area contributed by atoms with Gasteiger partial charge in [0.2, 0.25) is 0 Å². The summed E-state index contributed by atoms with van der Waals surface area (Å²) in [6, 6.07) is 133. The molecule has 2 nitrogen and oxygen atoms in total. The average Bonchev–Trinajstić information content (AvgIpc) is 1.62. The Morgan fingerprint density at radius 2 is 0.356 bits per heavy atom. The fraction of sp³-hybridized carbons (Fsp3) is 0.0118. The van der Waals surface area contributed by atoms with Crippen LogP contribution in [-0.4, -0.2) is 0 Å². The van der Waals surface area contributed by atoms with E-state index >= 15 is 0 Å². The van der Waals surface area contributed by atoms with Gasteiger partial charge in [-0.3, -0.25) is 0 Å². The summed E-state index contributed by atoms with van der Waals surface area (Å²) in [5.74, 6) is 0. The highest BCUT2D eigenvalue weighted by atomic mass is 15.1. The van der Waals surface area contributed by atoms with Gasteiger partial charge < -0.3 is 9.80 Å². The number of rotatable bonds is 14. The van der Waals surface area contributed by atoms with Crippen LogP contribution < -0.4 is 9.80 Å². The fourth-order valence-corrected chi connectivity index (χ4v) is 13.1. The van der Waals surface area contributed by atoms with E-state index in [1.807, 2.05) is 0 Å². The first-order chi connectivity index (χ1) is 43.1. The lowest BCUT2D eigenvalue weighted by Crippen LogP contribution is -2.28. The number of nitrogens with zero attached hydrogens (tertiary/aromatic N) is 2. The largest absolute Gasteiger partial charge is 0.311 e. The van der Waals surface area contributed by atoms with Crippen LogP contribution in [0.4, 0.5) is 34.1 Å². The normalized spacial score (nSPS) is 12.0. The predicted molar refractivity (Wildman–Crippen MR) is 366 cm³/mol. The van der Waals surface area contributed by atoms with Gasteiger partial charge in [0.15, 0.2) is 0 Å². The first-order valence-corrected chi connectivity index (χ1v) is 30.0. The van der Waals surface area contributed by atoms with Crippen LogP contribution in [0.1, 0.15) is 22.3 Å². The van der Waals surface area contributed by atoms with Crippen LogP contribution in [0.3, 0.4) is 0 Å². The van der Waals surface area contributed by atoms with Gasteiger partial charge in [0.05, 0.1) is 5.41 Å². The molecule has 0 bridgehead atoms. The Morgan fingerprint density at radius 3 is 0.632 bits per heavy atom. The van der Waals surface area contributed by atoms with E-state index < -0.39 is 5.41 Å². The summed E-state index contributed by atoms with van der Waals surface area (Å²) in [6.45, 7) is 0. The van der Waals surface area contributed by atoms with E-state index in [0.29, 0.717) is 0 Å². The van der Waals surface area contributed by atoms with Gasteiger partial charge in [-0.2, -0.15) is 0 Å². The van der Waals surface area contributed by atoms with Crippen LogP contribution in [0.5, 0.6) is 0 Å². The topological polar surface area (TPSA) is 6.48 Å². The van der Waals surface area contributed by atoms with Gasteiger partial charge in [-0.05, 0) is 185 Å². The van der Waals surface area contributed by atoms with Crippen molar-refractivity contribution in [2.75, 3.05) is 9.80 Å². The molecule has 0 radical (unpaired) electrons. The summed E-state index contributed by atoms with van der Waals surface area (Å²) in [5, 5.41) is 0. The lowest BCUT2D eigenvalue weighted by atomic mass is 9.67. The van der Waals surface area contributed by atoms with Crippen molar-refractivity contribution in [1.29, 1.82) is 0 Å². The summed E-state index contributed by atoms with van der Waals surface area (Å²) in [5.41, 5.74) is 27.6. The lowest BCUT2D eigenvalue weighted by Gasteiger charge is -2.34. The molecule has 0 N–H and O–H groups in total. The van der Waals surface area contributed by atoms with Crippen molar-refractivity contribution in [3.63, 3.8) is 0 Å². The van der Waals surface area contributed by atoms with Crippen molar-refractivity contribution in [3.05, 3.63) is 386 Å². The number of anilines is 6. The average molecular weight is 1110 g/mol. The molecule has 0 aromatic heterocycles. The number of hydrogen-bond acceptors (Lipinski definition) is 2. The van der Waals surface area contributed by atoms with E-state index in [1.165, 1.54) is 100 Å². The Bertz CT molecular complexity index is 4250. The van der Waals surface area contributed by atoms with Crippen molar-refractivity contribution in [3.8, 4) is 77.9 Å². The Hall–Kier alpha value is -11.3. The predicted octanol–water partition coefficient (Wildman–Crippen LogP) is 23.0. The molecule has 2 heteroatoms. The molecular formula is C85H60N2. The second-order valence-corrected chi connectivity index (χ2v) is 22.4. The SMILES string of the molecule is c1ccc(-c2ccc(C3(c4ccc(-c5ccccc5)cc4)c4cc(-c5ccc(-c6ccc(N(c7ccccc7)c7ccccc7)cc6)cc5)ccc4-c4ccc(-c5ccc(-c6ccc(N(c7ccccc7)c7ccccc7)cc6)cc5)cc43)cc2)cc1. The minimum atomic E-state index is -0.675. The maximum absolute atomic E-state index is 2.48. The van der Waals surface area contributed by atoms with Gasteiger partial charge in [0.1, 0.15) is 0 Å². The zero-order valence-electron chi connectivity index (χ0n) is 48.0. The maximum Gasteiger partial charge on any atom is 0.0714 e. The smallest absolute Gasteiger partial charge is 0.0714 e. The molecule has 0 atom stereocenters. The van der Waals surface area contributed by atoms with Crippen LogP contribution in [0.25, 0.3) is 77.9 Å². The van der Waals surface area contributed by atoms with Crippen molar-refractivity contribution in [1.82, 2.24) is 0 Å². The quantitative estimate of drug-likeness (QED) is 0.107. The van der Waals surface area contributed by atoms with Crippen molar-refractivity contribution in [2.45, 2.75) is 5.41 Å². The third kappa shape index (κ3) is 9.99. The molecule has 14 aromatic rings. The van der Waals surface area contributed by atoms with E-state index in [2.05, 4.69) is 374 Å². The first kappa shape index (κ1) is 52.5. The van der Waals surface area contributed by atoms with Gasteiger partial charge in [0, 0.05) is 34.1 Å². The molecule has 0 fully saturated rings. The Morgan fingerprint density at radius 1 is 0.161 bits per heavy atom. The zero-order valence-corrected chi connectivity index (χ0v) is 48.0. The molecule has 0 amide bonds. The zero-order chi connectivity index (χ0) is 57.9. The Labute approximate surface area is 510 Å². The minimum Gasteiger partial charge on any atom is -0.311 e. The molecule has 0 spiro atoms. The van der Waals surface area contributed by atoms with E-state index in [4.69, 9.17) is 0 Å². The number of hydrogen-bond donors (Lipinski definition) is 0. The molecule has 0 saturated carbocycles.